The third kappa shape index (κ3) is 9.08. The van der Waals surface area contributed by atoms with Crippen LogP contribution in [0.2, 0.25) is 0 Å². The number of benzene rings is 1. The van der Waals surface area contributed by atoms with Gasteiger partial charge < -0.3 is 29.4 Å². The number of carbonyl (C=O) groups is 2. The summed E-state index contributed by atoms with van der Waals surface area (Å²) in [6, 6.07) is 4.62. The SMILES string of the molecule is C[C@H]1CCCCO[C@@H](CN(C)S(=O)(=O)c2cn(C)cn2)[C@@H](C)CN([C@@H](C)CO)C(=O)c2cc(NC(=O)C3CCCCC3)ccc2O1. The zero-order chi connectivity index (χ0) is 33.4. The van der Waals surface area contributed by atoms with E-state index in [1.165, 1.54) is 23.9 Å². The molecular formula is C33H51N5O7S. The summed E-state index contributed by atoms with van der Waals surface area (Å²) in [5, 5.41) is 13.2. The molecular weight excluding hydrogens is 610 g/mol. The van der Waals surface area contributed by atoms with E-state index in [0.717, 1.165) is 51.4 Å². The highest BCUT2D eigenvalue weighted by Gasteiger charge is 2.33. The monoisotopic (exact) mass is 661 g/mol. The number of aromatic nitrogens is 2. The first-order chi connectivity index (χ1) is 21.9. The van der Waals surface area contributed by atoms with Gasteiger partial charge in [-0.25, -0.2) is 13.4 Å². The predicted molar refractivity (Wildman–Crippen MR) is 175 cm³/mol. The van der Waals surface area contributed by atoms with E-state index >= 15 is 0 Å². The molecule has 46 heavy (non-hydrogen) atoms. The molecule has 256 valence electrons. The first-order valence-electron chi connectivity index (χ1n) is 16.5. The number of hydrogen-bond acceptors (Lipinski definition) is 8. The van der Waals surface area contributed by atoms with Gasteiger partial charge in [-0.3, -0.25) is 9.59 Å². The van der Waals surface area contributed by atoms with Crippen LogP contribution in [0.25, 0.3) is 0 Å². The molecule has 1 aliphatic carbocycles. The van der Waals surface area contributed by atoms with Gasteiger partial charge in [-0.15, -0.1) is 0 Å². The lowest BCUT2D eigenvalue weighted by Crippen LogP contribution is -2.48. The van der Waals surface area contributed by atoms with Crippen molar-refractivity contribution in [2.24, 2.45) is 18.9 Å². The summed E-state index contributed by atoms with van der Waals surface area (Å²) in [5.74, 6) is -0.324. The Kier molecular flexibility index (Phi) is 12.6. The number of rotatable bonds is 8. The average Bonchev–Trinajstić information content (AvgIpc) is 3.49. The third-order valence-corrected chi connectivity index (χ3v) is 10.8. The lowest BCUT2D eigenvalue weighted by Gasteiger charge is -2.35. The van der Waals surface area contributed by atoms with Gasteiger partial charge in [0, 0.05) is 57.5 Å². The van der Waals surface area contributed by atoms with Crippen LogP contribution in [0.3, 0.4) is 0 Å². The number of aliphatic hydroxyl groups excluding tert-OH is 1. The van der Waals surface area contributed by atoms with E-state index in [9.17, 15) is 23.1 Å². The molecule has 1 saturated carbocycles. The number of likely N-dealkylation sites (N-methyl/N-ethyl adjacent to an activating group) is 1. The number of aliphatic hydroxyl groups is 1. The summed E-state index contributed by atoms with van der Waals surface area (Å²) >= 11 is 0. The van der Waals surface area contributed by atoms with Crippen LogP contribution in [-0.2, 0) is 26.6 Å². The second kappa shape index (κ2) is 16.2. The Morgan fingerprint density at radius 3 is 2.54 bits per heavy atom. The second-order valence-electron chi connectivity index (χ2n) is 13.0. The van der Waals surface area contributed by atoms with Gasteiger partial charge in [-0.1, -0.05) is 26.2 Å². The number of fused-ring (bicyclic) bond motifs is 1. The fourth-order valence-corrected chi connectivity index (χ4v) is 7.25. The van der Waals surface area contributed by atoms with E-state index in [-0.39, 0.29) is 54.5 Å². The smallest absolute Gasteiger partial charge is 0.261 e. The average molecular weight is 662 g/mol. The molecule has 1 fully saturated rings. The highest BCUT2D eigenvalue weighted by Crippen LogP contribution is 2.30. The van der Waals surface area contributed by atoms with Gasteiger partial charge in [0.2, 0.25) is 5.91 Å². The number of nitrogens with zero attached hydrogens (tertiary/aromatic N) is 4. The van der Waals surface area contributed by atoms with Crippen LogP contribution in [0, 0.1) is 11.8 Å². The van der Waals surface area contributed by atoms with E-state index in [1.807, 2.05) is 13.8 Å². The molecule has 0 saturated heterocycles. The van der Waals surface area contributed by atoms with Crippen molar-refractivity contribution in [2.75, 3.05) is 38.7 Å². The highest BCUT2D eigenvalue weighted by molar-refractivity contribution is 7.89. The van der Waals surface area contributed by atoms with E-state index < -0.39 is 22.2 Å². The molecule has 4 atom stereocenters. The zero-order valence-electron chi connectivity index (χ0n) is 27.9. The van der Waals surface area contributed by atoms with Crippen LogP contribution < -0.4 is 10.1 Å². The lowest BCUT2D eigenvalue weighted by molar-refractivity contribution is -0.120. The fraction of sp³-hybridized carbons (Fsp3) is 0.667. The van der Waals surface area contributed by atoms with Crippen molar-refractivity contribution in [2.45, 2.75) is 95.4 Å². The van der Waals surface area contributed by atoms with Gasteiger partial charge in [0.05, 0.1) is 36.7 Å². The van der Waals surface area contributed by atoms with Crippen LogP contribution in [-0.4, -0.2) is 95.7 Å². The number of amides is 2. The molecule has 2 N–H and O–H groups in total. The Hall–Kier alpha value is -3.00. The number of hydrogen-bond donors (Lipinski definition) is 2. The minimum absolute atomic E-state index is 0.0405. The predicted octanol–water partition coefficient (Wildman–Crippen LogP) is 4.06. The molecule has 2 aromatic rings. The van der Waals surface area contributed by atoms with Crippen molar-refractivity contribution in [1.82, 2.24) is 18.8 Å². The second-order valence-corrected chi connectivity index (χ2v) is 15.0. The number of aryl methyl sites for hydroxylation is 1. The third-order valence-electron chi connectivity index (χ3n) is 9.09. The van der Waals surface area contributed by atoms with Crippen molar-refractivity contribution in [3.63, 3.8) is 0 Å². The van der Waals surface area contributed by atoms with Crippen molar-refractivity contribution in [3.8, 4) is 5.75 Å². The van der Waals surface area contributed by atoms with Crippen LogP contribution >= 0.6 is 0 Å². The number of anilines is 1. The number of sulfonamides is 1. The Bertz CT molecular complexity index is 1430. The van der Waals surface area contributed by atoms with E-state index in [1.54, 1.807) is 41.6 Å². The topological polar surface area (TPSA) is 143 Å². The summed E-state index contributed by atoms with van der Waals surface area (Å²) in [6.07, 6.45) is 9.40. The number of ether oxygens (including phenoxy) is 2. The number of carbonyl (C=O) groups excluding carboxylic acids is 2. The first kappa shape index (κ1) is 35.8. The molecule has 2 heterocycles. The summed E-state index contributed by atoms with van der Waals surface area (Å²) in [6.45, 7) is 6.03. The molecule has 2 amide bonds. The summed E-state index contributed by atoms with van der Waals surface area (Å²) in [5.41, 5.74) is 0.817. The lowest BCUT2D eigenvalue weighted by atomic mass is 9.88. The van der Waals surface area contributed by atoms with Gasteiger partial charge in [0.15, 0.2) is 5.03 Å². The van der Waals surface area contributed by atoms with Crippen LogP contribution in [0.1, 0.15) is 82.5 Å². The summed E-state index contributed by atoms with van der Waals surface area (Å²) in [7, 11) is -0.656. The van der Waals surface area contributed by atoms with Gasteiger partial charge in [0.25, 0.3) is 15.9 Å². The largest absolute Gasteiger partial charge is 0.490 e. The van der Waals surface area contributed by atoms with Gasteiger partial charge in [-0.05, 0) is 64.2 Å². The standard InChI is InChI=1S/C33H51N5O7S/c1-23-18-38(24(2)21-39)33(41)28-17-27(35-32(40)26-12-7-6-8-13-26)14-15-29(28)45-25(3)11-9-10-16-44-30(23)19-37(5)46(42,43)31-20-36(4)22-34-31/h14-15,17,20,22-26,30,39H,6-13,16,18-19,21H2,1-5H3,(H,35,40)/t23-,24-,25-,30-/m0/s1. The fourth-order valence-electron chi connectivity index (χ4n) is 6.11. The zero-order valence-corrected chi connectivity index (χ0v) is 28.7. The Morgan fingerprint density at radius 1 is 1.15 bits per heavy atom. The van der Waals surface area contributed by atoms with Gasteiger partial charge in [-0.2, -0.15) is 4.31 Å². The normalized spacial score (nSPS) is 23.3. The molecule has 12 nitrogen and oxygen atoms in total. The number of imidazole rings is 1. The number of nitrogens with one attached hydrogen (secondary N) is 1. The first-order valence-corrected chi connectivity index (χ1v) is 17.9. The molecule has 0 radical (unpaired) electrons. The maximum atomic E-state index is 14.3. The van der Waals surface area contributed by atoms with Crippen LogP contribution in [0.4, 0.5) is 5.69 Å². The van der Waals surface area contributed by atoms with Crippen LogP contribution in [0.5, 0.6) is 5.75 Å². The highest BCUT2D eigenvalue weighted by atomic mass is 32.2. The Morgan fingerprint density at radius 2 is 1.87 bits per heavy atom. The minimum atomic E-state index is -3.87. The minimum Gasteiger partial charge on any atom is -0.490 e. The maximum Gasteiger partial charge on any atom is 0.261 e. The van der Waals surface area contributed by atoms with E-state index in [0.29, 0.717) is 23.6 Å². The Balaban J connectivity index is 1.63. The van der Waals surface area contributed by atoms with E-state index in [4.69, 9.17) is 9.47 Å². The van der Waals surface area contributed by atoms with Crippen LogP contribution in [0.15, 0.2) is 35.7 Å². The quantitative estimate of drug-likeness (QED) is 0.432. The molecule has 0 spiro atoms. The van der Waals surface area contributed by atoms with Gasteiger partial charge >= 0.3 is 0 Å². The van der Waals surface area contributed by atoms with E-state index in [2.05, 4.69) is 10.3 Å². The molecule has 0 unspecified atom stereocenters. The molecule has 13 heteroatoms. The molecule has 0 bridgehead atoms. The molecule has 1 aromatic carbocycles. The van der Waals surface area contributed by atoms with Gasteiger partial charge in [0.1, 0.15) is 5.75 Å². The van der Waals surface area contributed by atoms with Crippen molar-refractivity contribution in [1.29, 1.82) is 0 Å². The Labute approximate surface area is 273 Å². The molecule has 1 aromatic heterocycles. The van der Waals surface area contributed by atoms with Crippen molar-refractivity contribution < 1.29 is 32.6 Å². The molecule has 4 rings (SSSR count). The van der Waals surface area contributed by atoms with Crippen molar-refractivity contribution >= 4 is 27.5 Å². The summed E-state index contributed by atoms with van der Waals surface area (Å²) < 4.78 is 42.0. The molecule has 1 aliphatic heterocycles. The van der Waals surface area contributed by atoms with Crippen molar-refractivity contribution in [3.05, 3.63) is 36.3 Å². The maximum absolute atomic E-state index is 14.3. The molecule has 2 aliphatic rings. The summed E-state index contributed by atoms with van der Waals surface area (Å²) in [4.78, 5) is 33.0.